The topological polar surface area (TPSA) is 68.1 Å². The lowest BCUT2D eigenvalue weighted by Crippen LogP contribution is -2.19. The van der Waals surface area contributed by atoms with E-state index in [0.29, 0.717) is 11.3 Å². The van der Waals surface area contributed by atoms with Gasteiger partial charge in [-0.15, -0.1) is 0 Å². The molecule has 0 fully saturated rings. The number of carboxylic acid groups (broad SMARTS) is 1. The highest BCUT2D eigenvalue weighted by Gasteiger charge is 2.28. The van der Waals surface area contributed by atoms with E-state index in [9.17, 15) is 9.18 Å². The quantitative estimate of drug-likeness (QED) is 0.865. The van der Waals surface area contributed by atoms with Crippen LogP contribution < -0.4 is 4.74 Å². The SMILES string of the molecule is COc1cc(C2=NO[C@H](C(=O)O)C2)ccc1F. The van der Waals surface area contributed by atoms with Crippen LogP contribution in [-0.4, -0.2) is 30.0 Å². The highest BCUT2D eigenvalue weighted by molar-refractivity contribution is 6.03. The first-order chi connectivity index (χ1) is 8.11. The van der Waals surface area contributed by atoms with Gasteiger partial charge in [0.15, 0.2) is 11.6 Å². The van der Waals surface area contributed by atoms with Crippen molar-refractivity contribution in [3.63, 3.8) is 0 Å². The lowest BCUT2D eigenvalue weighted by atomic mass is 10.0. The Bertz CT molecular complexity index is 486. The minimum Gasteiger partial charge on any atom is -0.494 e. The molecule has 1 aliphatic rings. The summed E-state index contributed by atoms with van der Waals surface area (Å²) in [6.07, 6.45) is -0.814. The second kappa shape index (κ2) is 4.40. The molecule has 0 aliphatic carbocycles. The third kappa shape index (κ3) is 2.20. The summed E-state index contributed by atoms with van der Waals surface area (Å²) in [5.74, 6) is -1.47. The second-order valence-electron chi connectivity index (χ2n) is 3.52. The first kappa shape index (κ1) is 11.4. The monoisotopic (exact) mass is 239 g/mol. The Kier molecular flexibility index (Phi) is 2.95. The molecule has 0 spiro atoms. The predicted molar refractivity (Wildman–Crippen MR) is 56.6 cm³/mol. The number of ether oxygens (including phenoxy) is 1. The maximum atomic E-state index is 13.2. The van der Waals surface area contributed by atoms with Crippen LogP contribution in [0.5, 0.6) is 5.75 Å². The Balaban J connectivity index is 2.22. The Morgan fingerprint density at radius 3 is 3.00 bits per heavy atom. The Morgan fingerprint density at radius 2 is 2.41 bits per heavy atom. The molecule has 5 nitrogen and oxygen atoms in total. The smallest absolute Gasteiger partial charge is 0.348 e. The van der Waals surface area contributed by atoms with E-state index in [4.69, 9.17) is 14.7 Å². The maximum absolute atomic E-state index is 13.2. The van der Waals surface area contributed by atoms with Gasteiger partial charge < -0.3 is 14.7 Å². The predicted octanol–water partition coefficient (Wildman–Crippen LogP) is 1.41. The molecule has 1 atom stereocenters. The largest absolute Gasteiger partial charge is 0.494 e. The Hall–Kier alpha value is -2.11. The van der Waals surface area contributed by atoms with Crippen molar-refractivity contribution in [2.75, 3.05) is 7.11 Å². The molecule has 0 radical (unpaired) electrons. The van der Waals surface area contributed by atoms with Gasteiger partial charge in [-0.3, -0.25) is 0 Å². The number of hydrogen-bond acceptors (Lipinski definition) is 4. The van der Waals surface area contributed by atoms with E-state index < -0.39 is 17.9 Å². The van der Waals surface area contributed by atoms with Crippen molar-refractivity contribution in [1.82, 2.24) is 0 Å². The normalized spacial score (nSPS) is 18.5. The molecule has 1 aromatic carbocycles. The molecule has 90 valence electrons. The number of methoxy groups -OCH3 is 1. The fraction of sp³-hybridized carbons (Fsp3) is 0.273. The van der Waals surface area contributed by atoms with Crippen LogP contribution in [0.25, 0.3) is 0 Å². The number of oxime groups is 1. The Labute approximate surface area is 96.4 Å². The fourth-order valence-corrected chi connectivity index (χ4v) is 1.52. The fourth-order valence-electron chi connectivity index (χ4n) is 1.52. The molecule has 6 heteroatoms. The van der Waals surface area contributed by atoms with Gasteiger partial charge in [-0.2, -0.15) is 0 Å². The third-order valence-electron chi connectivity index (χ3n) is 2.43. The van der Waals surface area contributed by atoms with Gasteiger partial charge in [-0.1, -0.05) is 5.16 Å². The van der Waals surface area contributed by atoms with Crippen LogP contribution >= 0.6 is 0 Å². The highest BCUT2D eigenvalue weighted by atomic mass is 19.1. The summed E-state index contributed by atoms with van der Waals surface area (Å²) in [5, 5.41) is 12.4. The van der Waals surface area contributed by atoms with Crippen LogP contribution in [0.15, 0.2) is 23.4 Å². The maximum Gasteiger partial charge on any atom is 0.348 e. The van der Waals surface area contributed by atoms with Gasteiger partial charge in [-0.05, 0) is 18.2 Å². The second-order valence-corrected chi connectivity index (χ2v) is 3.52. The number of rotatable bonds is 3. The van der Waals surface area contributed by atoms with Crippen LogP contribution in [0.4, 0.5) is 4.39 Å². The van der Waals surface area contributed by atoms with Crippen molar-refractivity contribution in [1.29, 1.82) is 0 Å². The van der Waals surface area contributed by atoms with Crippen LogP contribution in [-0.2, 0) is 9.63 Å². The molecule has 1 aromatic rings. The zero-order valence-electron chi connectivity index (χ0n) is 9.01. The number of aliphatic carboxylic acids is 1. The number of benzene rings is 1. The molecule has 0 aromatic heterocycles. The van der Waals surface area contributed by atoms with E-state index in [1.54, 1.807) is 0 Å². The first-order valence-electron chi connectivity index (χ1n) is 4.91. The zero-order valence-corrected chi connectivity index (χ0v) is 9.01. The van der Waals surface area contributed by atoms with Crippen molar-refractivity contribution in [2.45, 2.75) is 12.5 Å². The van der Waals surface area contributed by atoms with Crippen molar-refractivity contribution in [3.05, 3.63) is 29.6 Å². The molecular weight excluding hydrogens is 229 g/mol. The summed E-state index contributed by atoms with van der Waals surface area (Å²) in [7, 11) is 1.36. The molecule has 0 saturated heterocycles. The van der Waals surface area contributed by atoms with Gasteiger partial charge in [0.1, 0.15) is 0 Å². The average Bonchev–Trinajstić information content (AvgIpc) is 2.79. The molecule has 1 heterocycles. The van der Waals surface area contributed by atoms with Crippen LogP contribution in [0.2, 0.25) is 0 Å². The van der Waals surface area contributed by atoms with Crippen LogP contribution in [0.1, 0.15) is 12.0 Å². The van der Waals surface area contributed by atoms with E-state index in [2.05, 4.69) is 5.16 Å². The molecule has 0 amide bonds. The summed E-state index contributed by atoms with van der Waals surface area (Å²) >= 11 is 0. The number of carboxylic acids is 1. The minimum absolute atomic E-state index is 0.0870. The molecule has 0 unspecified atom stereocenters. The van der Waals surface area contributed by atoms with E-state index >= 15 is 0 Å². The first-order valence-corrected chi connectivity index (χ1v) is 4.91. The molecular formula is C11H10FNO4. The Morgan fingerprint density at radius 1 is 1.65 bits per heavy atom. The summed E-state index contributed by atoms with van der Waals surface area (Å²) in [6, 6.07) is 4.21. The van der Waals surface area contributed by atoms with E-state index in [1.165, 1.54) is 25.3 Å². The minimum atomic E-state index is -1.07. The summed E-state index contributed by atoms with van der Waals surface area (Å²) < 4.78 is 18.0. The van der Waals surface area contributed by atoms with Gasteiger partial charge in [0, 0.05) is 12.0 Å². The van der Waals surface area contributed by atoms with Gasteiger partial charge in [-0.25, -0.2) is 9.18 Å². The van der Waals surface area contributed by atoms with Crippen LogP contribution in [0.3, 0.4) is 0 Å². The van der Waals surface area contributed by atoms with Crippen molar-refractivity contribution >= 4 is 11.7 Å². The molecule has 2 rings (SSSR count). The molecule has 1 aliphatic heterocycles. The molecule has 17 heavy (non-hydrogen) atoms. The van der Waals surface area contributed by atoms with Crippen molar-refractivity contribution in [3.8, 4) is 5.75 Å². The summed E-state index contributed by atoms with van der Waals surface area (Å²) in [4.78, 5) is 15.4. The van der Waals surface area contributed by atoms with Gasteiger partial charge >= 0.3 is 5.97 Å². The lowest BCUT2D eigenvalue weighted by Gasteiger charge is -2.04. The number of halogens is 1. The van der Waals surface area contributed by atoms with E-state index in [1.807, 2.05) is 0 Å². The molecule has 1 N–H and O–H groups in total. The van der Waals surface area contributed by atoms with Crippen LogP contribution in [0, 0.1) is 5.82 Å². The van der Waals surface area contributed by atoms with Gasteiger partial charge in [0.05, 0.1) is 12.8 Å². The van der Waals surface area contributed by atoms with Gasteiger partial charge in [0.25, 0.3) is 0 Å². The number of carbonyl (C=O) groups is 1. The van der Waals surface area contributed by atoms with Crippen molar-refractivity contribution in [2.24, 2.45) is 5.16 Å². The van der Waals surface area contributed by atoms with Crippen molar-refractivity contribution < 1.29 is 23.9 Å². The zero-order chi connectivity index (χ0) is 12.4. The van der Waals surface area contributed by atoms with E-state index in [0.717, 1.165) is 0 Å². The third-order valence-corrected chi connectivity index (χ3v) is 2.43. The number of nitrogens with zero attached hydrogens (tertiary/aromatic N) is 1. The highest BCUT2D eigenvalue weighted by Crippen LogP contribution is 2.22. The lowest BCUT2D eigenvalue weighted by molar-refractivity contribution is -0.148. The molecule has 0 bridgehead atoms. The summed E-state index contributed by atoms with van der Waals surface area (Å²) in [6.45, 7) is 0. The molecule has 0 saturated carbocycles. The summed E-state index contributed by atoms with van der Waals surface area (Å²) in [5.41, 5.74) is 1.06. The average molecular weight is 239 g/mol. The number of hydrogen-bond donors (Lipinski definition) is 1. The van der Waals surface area contributed by atoms with Gasteiger partial charge in [0.2, 0.25) is 6.10 Å². The van der Waals surface area contributed by atoms with E-state index in [-0.39, 0.29) is 12.2 Å². The standard InChI is InChI=1S/C11H10FNO4/c1-16-9-4-6(2-3-7(9)12)8-5-10(11(14)15)17-13-8/h2-4,10H,5H2,1H3,(H,14,15)/t10-/m0/s1.